The molecule has 94 valence electrons. The number of halogens is 3. The van der Waals surface area contributed by atoms with Gasteiger partial charge in [0, 0.05) is 13.1 Å². The zero-order valence-corrected chi connectivity index (χ0v) is 8.47. The van der Waals surface area contributed by atoms with Gasteiger partial charge in [0.25, 0.3) is 0 Å². The number of carbonyl (C=O) groups is 1. The van der Waals surface area contributed by atoms with E-state index in [0.717, 1.165) is 6.54 Å². The van der Waals surface area contributed by atoms with Crippen LogP contribution in [0.15, 0.2) is 0 Å². The maximum absolute atomic E-state index is 11.7. The lowest BCUT2D eigenvalue weighted by molar-refractivity contribution is -0.124. The lowest BCUT2D eigenvalue weighted by atomic mass is 10.3. The minimum absolute atomic E-state index is 0.0588. The number of alkyl carbamates (subject to hydrolysis) is 1. The standard InChI is InChI=1S/C8H13F3N2O3/c9-8(10,11)5-13-7(14)16-4-6-3-12-1-2-15-6/h6,12H,1-5H2,(H,13,14). The molecule has 1 amide bonds. The first kappa shape index (κ1) is 13.0. The number of amides is 1. The van der Waals surface area contributed by atoms with Crippen LogP contribution in [0.1, 0.15) is 0 Å². The van der Waals surface area contributed by atoms with Gasteiger partial charge in [-0.3, -0.25) is 0 Å². The van der Waals surface area contributed by atoms with Crippen molar-refractivity contribution in [3.8, 4) is 0 Å². The molecule has 0 saturated carbocycles. The van der Waals surface area contributed by atoms with Crippen molar-refractivity contribution >= 4 is 6.09 Å². The molecule has 5 nitrogen and oxygen atoms in total. The maximum Gasteiger partial charge on any atom is 0.407 e. The molecule has 0 aliphatic carbocycles. The fourth-order valence-electron chi connectivity index (χ4n) is 1.12. The monoisotopic (exact) mass is 242 g/mol. The Bertz CT molecular complexity index is 229. The zero-order valence-electron chi connectivity index (χ0n) is 8.47. The average molecular weight is 242 g/mol. The lowest BCUT2D eigenvalue weighted by Crippen LogP contribution is -2.42. The Kier molecular flexibility index (Phi) is 4.81. The Morgan fingerprint density at radius 2 is 2.31 bits per heavy atom. The summed E-state index contributed by atoms with van der Waals surface area (Å²) in [5.74, 6) is 0. The normalized spacial score (nSPS) is 21.6. The molecule has 1 unspecified atom stereocenters. The van der Waals surface area contributed by atoms with Crippen molar-refractivity contribution in [1.82, 2.24) is 10.6 Å². The van der Waals surface area contributed by atoms with Gasteiger partial charge in [0.05, 0.1) is 6.61 Å². The summed E-state index contributed by atoms with van der Waals surface area (Å²) in [7, 11) is 0. The Morgan fingerprint density at radius 1 is 1.56 bits per heavy atom. The topological polar surface area (TPSA) is 59.6 Å². The van der Waals surface area contributed by atoms with Crippen LogP contribution in [0.3, 0.4) is 0 Å². The quantitative estimate of drug-likeness (QED) is 0.745. The molecule has 1 saturated heterocycles. The summed E-state index contributed by atoms with van der Waals surface area (Å²) in [4.78, 5) is 10.8. The molecule has 2 N–H and O–H groups in total. The van der Waals surface area contributed by atoms with Crippen molar-refractivity contribution in [1.29, 1.82) is 0 Å². The van der Waals surface area contributed by atoms with E-state index in [1.165, 1.54) is 0 Å². The molecule has 1 aliphatic heterocycles. The number of carbonyl (C=O) groups excluding carboxylic acids is 1. The van der Waals surface area contributed by atoms with E-state index in [1.807, 2.05) is 0 Å². The molecule has 16 heavy (non-hydrogen) atoms. The summed E-state index contributed by atoms with van der Waals surface area (Å²) in [5, 5.41) is 4.60. The SMILES string of the molecule is O=C(NCC(F)(F)F)OCC1CNCCO1. The molecule has 0 spiro atoms. The van der Waals surface area contributed by atoms with E-state index in [-0.39, 0.29) is 12.7 Å². The first-order valence-corrected chi connectivity index (χ1v) is 4.77. The molecule has 8 heteroatoms. The summed E-state index contributed by atoms with van der Waals surface area (Å²) < 4.78 is 44.9. The van der Waals surface area contributed by atoms with Gasteiger partial charge < -0.3 is 20.1 Å². The second-order valence-electron chi connectivity index (χ2n) is 3.26. The van der Waals surface area contributed by atoms with Crippen molar-refractivity contribution < 1.29 is 27.4 Å². The van der Waals surface area contributed by atoms with Crippen LogP contribution in [-0.4, -0.2) is 51.2 Å². The molecule has 1 atom stereocenters. The van der Waals surface area contributed by atoms with Crippen molar-refractivity contribution in [2.24, 2.45) is 0 Å². The minimum Gasteiger partial charge on any atom is -0.447 e. The Hall–Kier alpha value is -1.02. The predicted molar refractivity (Wildman–Crippen MR) is 48.0 cm³/mol. The molecule has 1 aliphatic rings. The maximum atomic E-state index is 11.7. The van der Waals surface area contributed by atoms with Gasteiger partial charge in [-0.2, -0.15) is 13.2 Å². The van der Waals surface area contributed by atoms with Gasteiger partial charge in [-0.1, -0.05) is 0 Å². The van der Waals surface area contributed by atoms with Gasteiger partial charge in [0.2, 0.25) is 0 Å². The number of nitrogens with one attached hydrogen (secondary N) is 2. The summed E-state index contributed by atoms with van der Waals surface area (Å²) >= 11 is 0. The predicted octanol–water partition coefficient (Wildman–Crippen LogP) is 0.263. The fraction of sp³-hybridized carbons (Fsp3) is 0.875. The summed E-state index contributed by atoms with van der Waals surface area (Å²) in [6.45, 7) is 0.286. The number of ether oxygens (including phenoxy) is 2. The third-order valence-electron chi connectivity index (χ3n) is 1.84. The highest BCUT2D eigenvalue weighted by molar-refractivity contribution is 5.67. The largest absolute Gasteiger partial charge is 0.447 e. The molecular formula is C8H13F3N2O3. The fourth-order valence-corrected chi connectivity index (χ4v) is 1.12. The van der Waals surface area contributed by atoms with Crippen LogP contribution in [0, 0.1) is 0 Å². The first-order valence-electron chi connectivity index (χ1n) is 4.77. The van der Waals surface area contributed by atoms with E-state index in [0.29, 0.717) is 13.2 Å². The Labute approximate surface area is 90.3 Å². The molecule has 0 bridgehead atoms. The van der Waals surface area contributed by atoms with E-state index in [1.54, 1.807) is 5.32 Å². The average Bonchev–Trinajstić information content (AvgIpc) is 2.24. The van der Waals surface area contributed by atoms with Gasteiger partial charge in [0.1, 0.15) is 19.3 Å². The number of morpholine rings is 1. The number of hydrogen-bond acceptors (Lipinski definition) is 4. The highest BCUT2D eigenvalue weighted by Gasteiger charge is 2.28. The number of rotatable bonds is 3. The Morgan fingerprint density at radius 3 is 2.88 bits per heavy atom. The van der Waals surface area contributed by atoms with Crippen molar-refractivity contribution in [2.75, 3.05) is 32.8 Å². The summed E-state index contributed by atoms with van der Waals surface area (Å²) in [5.41, 5.74) is 0. The van der Waals surface area contributed by atoms with E-state index < -0.39 is 18.8 Å². The molecule has 0 aromatic heterocycles. The van der Waals surface area contributed by atoms with E-state index in [4.69, 9.17) is 4.74 Å². The minimum atomic E-state index is -4.43. The third kappa shape index (κ3) is 5.76. The summed E-state index contributed by atoms with van der Waals surface area (Å²) in [6.07, 6.45) is -5.82. The Balaban J connectivity index is 2.09. The third-order valence-corrected chi connectivity index (χ3v) is 1.84. The van der Waals surface area contributed by atoms with E-state index >= 15 is 0 Å². The number of alkyl halides is 3. The molecule has 0 aromatic rings. The van der Waals surface area contributed by atoms with Crippen LogP contribution in [0.2, 0.25) is 0 Å². The van der Waals surface area contributed by atoms with Crippen molar-refractivity contribution in [3.63, 3.8) is 0 Å². The van der Waals surface area contributed by atoms with E-state index in [9.17, 15) is 18.0 Å². The van der Waals surface area contributed by atoms with Gasteiger partial charge >= 0.3 is 12.3 Å². The van der Waals surface area contributed by atoms with Crippen molar-refractivity contribution in [2.45, 2.75) is 12.3 Å². The molecule has 1 heterocycles. The smallest absolute Gasteiger partial charge is 0.407 e. The molecule has 1 fully saturated rings. The van der Waals surface area contributed by atoms with Crippen LogP contribution in [0.4, 0.5) is 18.0 Å². The molecule has 0 aromatic carbocycles. The van der Waals surface area contributed by atoms with Crippen LogP contribution < -0.4 is 10.6 Å². The van der Waals surface area contributed by atoms with Gasteiger partial charge in [-0.15, -0.1) is 0 Å². The van der Waals surface area contributed by atoms with Crippen LogP contribution in [0.5, 0.6) is 0 Å². The van der Waals surface area contributed by atoms with Gasteiger partial charge in [-0.25, -0.2) is 4.79 Å². The van der Waals surface area contributed by atoms with E-state index in [2.05, 4.69) is 10.1 Å². The first-order chi connectivity index (χ1) is 7.47. The summed E-state index contributed by atoms with van der Waals surface area (Å²) in [6, 6.07) is 0. The van der Waals surface area contributed by atoms with Crippen LogP contribution in [-0.2, 0) is 9.47 Å². The van der Waals surface area contributed by atoms with Crippen molar-refractivity contribution in [3.05, 3.63) is 0 Å². The van der Waals surface area contributed by atoms with Crippen LogP contribution >= 0.6 is 0 Å². The second-order valence-corrected chi connectivity index (χ2v) is 3.26. The van der Waals surface area contributed by atoms with Crippen LogP contribution in [0.25, 0.3) is 0 Å². The molecule has 0 radical (unpaired) electrons. The second kappa shape index (κ2) is 5.90. The molecule has 1 rings (SSSR count). The lowest BCUT2D eigenvalue weighted by Gasteiger charge is -2.23. The highest BCUT2D eigenvalue weighted by Crippen LogP contribution is 2.12. The highest BCUT2D eigenvalue weighted by atomic mass is 19.4. The van der Waals surface area contributed by atoms with Gasteiger partial charge in [0.15, 0.2) is 0 Å². The number of hydrogen-bond donors (Lipinski definition) is 2. The van der Waals surface area contributed by atoms with Gasteiger partial charge in [-0.05, 0) is 0 Å². The zero-order chi connectivity index (χ0) is 12.0. The molecular weight excluding hydrogens is 229 g/mol.